The van der Waals surface area contributed by atoms with E-state index in [-0.39, 0.29) is 28.8 Å². The number of hydrogen-bond donors (Lipinski definition) is 2. The number of rotatable bonds is 4. The third-order valence-electron chi connectivity index (χ3n) is 3.88. The van der Waals surface area contributed by atoms with Crippen LogP contribution in [0.2, 0.25) is 5.02 Å². The Kier molecular flexibility index (Phi) is 5.34. The summed E-state index contributed by atoms with van der Waals surface area (Å²) in [5.74, 6) is -1.58. The Bertz CT molecular complexity index is 1090. The number of fused-ring (bicyclic) bond motifs is 1. The van der Waals surface area contributed by atoms with E-state index in [1.165, 1.54) is 24.3 Å². The molecule has 3 aromatic rings. The zero-order valence-corrected chi connectivity index (χ0v) is 14.7. The molecule has 0 unspecified atom stereocenters. The van der Waals surface area contributed by atoms with Crippen molar-refractivity contribution in [1.82, 2.24) is 10.3 Å². The normalized spacial score (nSPS) is 10.9. The Morgan fingerprint density at radius 3 is 2.78 bits per heavy atom. The molecule has 2 N–H and O–H groups in total. The van der Waals surface area contributed by atoms with Crippen LogP contribution >= 0.6 is 11.6 Å². The van der Waals surface area contributed by atoms with Gasteiger partial charge in [-0.05, 0) is 41.5 Å². The van der Waals surface area contributed by atoms with Crippen LogP contribution in [0.3, 0.4) is 0 Å². The van der Waals surface area contributed by atoms with Gasteiger partial charge in [-0.15, -0.1) is 0 Å². The monoisotopic (exact) mass is 381 g/mol. The van der Waals surface area contributed by atoms with Gasteiger partial charge in [0.1, 0.15) is 22.6 Å². The fourth-order valence-corrected chi connectivity index (χ4v) is 2.67. The fraction of sp³-hybridized carbons (Fsp3) is 0.0500. The Labute approximate surface area is 159 Å². The molecule has 0 fully saturated rings. The van der Waals surface area contributed by atoms with Crippen molar-refractivity contribution >= 4 is 34.5 Å². The van der Waals surface area contributed by atoms with Crippen LogP contribution in [0.1, 0.15) is 21.5 Å². The van der Waals surface area contributed by atoms with Gasteiger partial charge >= 0.3 is 0 Å². The zero-order chi connectivity index (χ0) is 19.4. The van der Waals surface area contributed by atoms with Gasteiger partial charge in [0.2, 0.25) is 0 Å². The zero-order valence-electron chi connectivity index (χ0n) is 13.9. The third kappa shape index (κ3) is 4.05. The van der Waals surface area contributed by atoms with E-state index in [1.54, 1.807) is 24.3 Å². The minimum Gasteiger partial charge on any atom is -0.506 e. The molecule has 1 amide bonds. The van der Waals surface area contributed by atoms with Crippen LogP contribution in [0.15, 0.2) is 48.7 Å². The highest BCUT2D eigenvalue weighted by Gasteiger charge is 2.17. The summed E-state index contributed by atoms with van der Waals surface area (Å²) in [5.41, 5.74) is 1.07. The summed E-state index contributed by atoms with van der Waals surface area (Å²) < 4.78 is 14.2. The molecule has 5 nitrogen and oxygen atoms in total. The molecule has 0 saturated carbocycles. The Morgan fingerprint density at radius 2 is 2.07 bits per heavy atom. The topological polar surface area (TPSA) is 86.0 Å². The van der Waals surface area contributed by atoms with Crippen LogP contribution in [-0.2, 0) is 6.54 Å². The van der Waals surface area contributed by atoms with E-state index in [0.717, 1.165) is 11.8 Å². The first-order chi connectivity index (χ1) is 13.0. The van der Waals surface area contributed by atoms with Crippen molar-refractivity contribution in [3.63, 3.8) is 0 Å². The van der Waals surface area contributed by atoms with E-state index >= 15 is 0 Å². The van der Waals surface area contributed by atoms with Crippen molar-refractivity contribution in [2.24, 2.45) is 0 Å². The Balaban J connectivity index is 1.90. The van der Waals surface area contributed by atoms with Gasteiger partial charge in [0, 0.05) is 29.2 Å². The molecule has 27 heavy (non-hydrogen) atoms. The number of nitrogens with zero attached hydrogens (tertiary/aromatic N) is 2. The summed E-state index contributed by atoms with van der Waals surface area (Å²) in [6.45, 7) is 0.229. The summed E-state index contributed by atoms with van der Waals surface area (Å²) in [7, 11) is 0. The Morgan fingerprint density at radius 1 is 1.33 bits per heavy atom. The molecule has 134 valence electrons. The molecule has 0 bridgehead atoms. The van der Waals surface area contributed by atoms with Gasteiger partial charge in [-0.1, -0.05) is 23.7 Å². The number of allylic oxidation sites excluding steroid dienone is 1. The number of aromatic hydroxyl groups is 1. The van der Waals surface area contributed by atoms with Crippen molar-refractivity contribution in [2.75, 3.05) is 0 Å². The maximum atomic E-state index is 14.2. The highest BCUT2D eigenvalue weighted by molar-refractivity contribution is 6.30. The van der Waals surface area contributed by atoms with Gasteiger partial charge in [0.15, 0.2) is 0 Å². The number of carbonyl (C=O) groups excluding carboxylic acids is 1. The van der Waals surface area contributed by atoms with Gasteiger partial charge in [0.25, 0.3) is 5.91 Å². The number of nitriles is 1. The SMILES string of the molecule is N#C/C=C/c1cc(F)c2ncc(C(=O)NCc3ccc(Cl)cc3)c(O)c2c1. The van der Waals surface area contributed by atoms with Crippen molar-refractivity contribution in [3.05, 3.63) is 76.2 Å². The average Bonchev–Trinajstić information content (AvgIpc) is 2.66. The summed E-state index contributed by atoms with van der Waals surface area (Å²) in [6, 6.07) is 11.4. The number of nitrogens with one attached hydrogen (secondary N) is 1. The number of benzene rings is 2. The van der Waals surface area contributed by atoms with Crippen molar-refractivity contribution < 1.29 is 14.3 Å². The number of halogens is 2. The average molecular weight is 382 g/mol. The number of hydrogen-bond acceptors (Lipinski definition) is 4. The second-order valence-electron chi connectivity index (χ2n) is 5.69. The molecule has 3 rings (SSSR count). The summed E-state index contributed by atoms with van der Waals surface area (Å²) >= 11 is 5.82. The van der Waals surface area contributed by atoms with Crippen molar-refractivity contribution in [1.29, 1.82) is 5.26 Å². The predicted octanol–water partition coefficient (Wildman–Crippen LogP) is 4.20. The van der Waals surface area contributed by atoms with E-state index in [2.05, 4.69) is 10.3 Å². The molecule has 1 heterocycles. The first kappa shape index (κ1) is 18.4. The van der Waals surface area contributed by atoms with Gasteiger partial charge in [-0.25, -0.2) is 4.39 Å². The van der Waals surface area contributed by atoms with Gasteiger partial charge in [-0.3, -0.25) is 9.78 Å². The fourth-order valence-electron chi connectivity index (χ4n) is 2.54. The molecule has 7 heteroatoms. The highest BCUT2D eigenvalue weighted by atomic mass is 35.5. The van der Waals surface area contributed by atoms with Crippen LogP contribution < -0.4 is 5.32 Å². The molecular formula is C20H13ClFN3O2. The minimum atomic E-state index is -0.659. The standard InChI is InChI=1S/C20H13ClFN3O2/c21-14-5-3-12(4-6-14)10-25-20(27)16-11-24-18-15(19(16)26)8-13(2-1-7-23)9-17(18)22/h1-6,8-9,11H,10H2,(H,24,26)(H,25,27)/b2-1+. The molecule has 0 spiro atoms. The van der Waals surface area contributed by atoms with Crippen LogP contribution in [0.25, 0.3) is 17.0 Å². The number of aromatic nitrogens is 1. The number of carbonyl (C=O) groups is 1. The van der Waals surface area contributed by atoms with Crippen molar-refractivity contribution in [2.45, 2.75) is 6.54 Å². The lowest BCUT2D eigenvalue weighted by Crippen LogP contribution is -2.23. The maximum absolute atomic E-state index is 14.2. The molecule has 0 radical (unpaired) electrons. The molecule has 0 aliphatic rings. The highest BCUT2D eigenvalue weighted by Crippen LogP contribution is 2.30. The van der Waals surface area contributed by atoms with Gasteiger partial charge in [0.05, 0.1) is 6.07 Å². The lowest BCUT2D eigenvalue weighted by Gasteiger charge is -2.10. The molecule has 0 aliphatic heterocycles. The molecular weight excluding hydrogens is 369 g/mol. The van der Waals surface area contributed by atoms with Gasteiger partial charge < -0.3 is 10.4 Å². The lowest BCUT2D eigenvalue weighted by atomic mass is 10.1. The molecule has 2 aromatic carbocycles. The first-order valence-corrected chi connectivity index (χ1v) is 8.27. The summed E-state index contributed by atoms with van der Waals surface area (Å²) in [6.07, 6.45) is 3.71. The number of amides is 1. The van der Waals surface area contributed by atoms with E-state index in [0.29, 0.717) is 10.6 Å². The van der Waals surface area contributed by atoms with Crippen LogP contribution in [-0.4, -0.2) is 16.0 Å². The second kappa shape index (κ2) is 7.85. The number of pyridine rings is 1. The van der Waals surface area contributed by atoms with E-state index in [4.69, 9.17) is 16.9 Å². The van der Waals surface area contributed by atoms with Gasteiger partial charge in [-0.2, -0.15) is 5.26 Å². The lowest BCUT2D eigenvalue weighted by molar-refractivity contribution is 0.0948. The van der Waals surface area contributed by atoms with E-state index in [1.807, 2.05) is 6.07 Å². The van der Waals surface area contributed by atoms with E-state index in [9.17, 15) is 14.3 Å². The molecule has 0 saturated heterocycles. The van der Waals surface area contributed by atoms with E-state index < -0.39 is 11.7 Å². The van der Waals surface area contributed by atoms with Crippen LogP contribution in [0.5, 0.6) is 5.75 Å². The summed E-state index contributed by atoms with van der Waals surface area (Å²) in [5, 5.41) is 22.4. The minimum absolute atomic E-state index is 0.0594. The molecule has 1 aromatic heterocycles. The first-order valence-electron chi connectivity index (χ1n) is 7.89. The maximum Gasteiger partial charge on any atom is 0.256 e. The summed E-state index contributed by atoms with van der Waals surface area (Å²) in [4.78, 5) is 16.4. The van der Waals surface area contributed by atoms with Crippen molar-refractivity contribution in [3.8, 4) is 11.8 Å². The molecule has 0 aliphatic carbocycles. The smallest absolute Gasteiger partial charge is 0.256 e. The molecule has 0 atom stereocenters. The largest absolute Gasteiger partial charge is 0.506 e. The Hall–Kier alpha value is -3.43. The third-order valence-corrected chi connectivity index (χ3v) is 4.13. The predicted molar refractivity (Wildman–Crippen MR) is 101 cm³/mol. The van der Waals surface area contributed by atoms with Crippen LogP contribution in [0.4, 0.5) is 4.39 Å². The quantitative estimate of drug-likeness (QED) is 0.663. The second-order valence-corrected chi connectivity index (χ2v) is 6.13. The van der Waals surface area contributed by atoms with Crippen LogP contribution in [0, 0.1) is 17.1 Å².